The Morgan fingerprint density at radius 3 is 2.64 bits per heavy atom. The minimum atomic E-state index is -0.215. The third kappa shape index (κ3) is 4.20. The number of anilines is 1. The molecule has 1 aromatic carbocycles. The Bertz CT molecular complexity index is 881. The number of carbonyl (C=O) groups excluding carboxylic acids is 1. The third-order valence-electron chi connectivity index (χ3n) is 3.49. The number of nitrogens with zero attached hydrogens (tertiary/aromatic N) is 4. The van der Waals surface area contributed by atoms with E-state index in [1.165, 1.54) is 0 Å². The smallest absolute Gasteiger partial charge is 0.251 e. The average Bonchev–Trinajstić information content (AvgIpc) is 3.20. The van der Waals surface area contributed by atoms with Crippen LogP contribution in [-0.4, -0.2) is 33.8 Å². The summed E-state index contributed by atoms with van der Waals surface area (Å²) >= 11 is 0. The van der Waals surface area contributed by atoms with Gasteiger partial charge in [-0.25, -0.2) is 0 Å². The highest BCUT2D eigenvalue weighted by Gasteiger charge is 2.05. The van der Waals surface area contributed by atoms with E-state index in [-0.39, 0.29) is 5.91 Å². The van der Waals surface area contributed by atoms with Crippen LogP contribution in [0.25, 0.3) is 5.82 Å². The molecule has 0 saturated carbocycles. The van der Waals surface area contributed by atoms with Gasteiger partial charge in [0.2, 0.25) is 0 Å². The van der Waals surface area contributed by atoms with Gasteiger partial charge in [0.25, 0.3) is 5.91 Å². The molecular weight excluding hydrogens is 316 g/mol. The van der Waals surface area contributed by atoms with E-state index >= 15 is 0 Å². The summed E-state index contributed by atoms with van der Waals surface area (Å²) in [5.41, 5.74) is 0.929. The highest BCUT2D eigenvalue weighted by atomic mass is 16.1. The molecule has 0 aliphatic carbocycles. The van der Waals surface area contributed by atoms with Gasteiger partial charge in [0, 0.05) is 31.0 Å². The van der Waals surface area contributed by atoms with Crippen LogP contribution in [-0.2, 0) is 0 Å². The van der Waals surface area contributed by atoms with Gasteiger partial charge < -0.3 is 15.2 Å². The molecule has 1 amide bonds. The summed E-state index contributed by atoms with van der Waals surface area (Å²) in [5, 5.41) is 23.0. The summed E-state index contributed by atoms with van der Waals surface area (Å²) in [6.45, 7) is 0.942. The topological polar surface area (TPSA) is 95.6 Å². The molecule has 7 nitrogen and oxygen atoms in total. The first kappa shape index (κ1) is 16.2. The van der Waals surface area contributed by atoms with Crippen molar-refractivity contribution in [3.05, 3.63) is 72.1 Å². The maximum atomic E-state index is 12.0. The van der Waals surface area contributed by atoms with Crippen molar-refractivity contribution in [3.8, 4) is 11.9 Å². The molecule has 0 unspecified atom stereocenters. The summed E-state index contributed by atoms with van der Waals surface area (Å²) in [7, 11) is 0. The van der Waals surface area contributed by atoms with Crippen molar-refractivity contribution < 1.29 is 4.79 Å². The fourth-order valence-corrected chi connectivity index (χ4v) is 2.24. The van der Waals surface area contributed by atoms with Gasteiger partial charge in [-0.2, -0.15) is 5.26 Å². The van der Waals surface area contributed by atoms with Gasteiger partial charge in [0.1, 0.15) is 5.82 Å². The van der Waals surface area contributed by atoms with Crippen molar-refractivity contribution in [3.63, 3.8) is 0 Å². The van der Waals surface area contributed by atoms with Gasteiger partial charge in [-0.05, 0) is 42.5 Å². The predicted molar refractivity (Wildman–Crippen MR) is 93.3 cm³/mol. The molecular formula is C18H16N6O. The van der Waals surface area contributed by atoms with Crippen LogP contribution in [0.15, 0.2) is 60.9 Å². The summed E-state index contributed by atoms with van der Waals surface area (Å²) in [6, 6.07) is 16.1. The highest BCUT2D eigenvalue weighted by molar-refractivity contribution is 5.94. The molecule has 0 radical (unpaired) electrons. The number of nitrogens with one attached hydrogen (secondary N) is 2. The normalized spacial score (nSPS) is 10.0. The molecule has 7 heteroatoms. The van der Waals surface area contributed by atoms with Crippen molar-refractivity contribution in [2.45, 2.75) is 0 Å². The Morgan fingerprint density at radius 1 is 1.08 bits per heavy atom. The molecule has 25 heavy (non-hydrogen) atoms. The van der Waals surface area contributed by atoms with Crippen LogP contribution < -0.4 is 10.6 Å². The van der Waals surface area contributed by atoms with Crippen LogP contribution in [0.3, 0.4) is 0 Å². The zero-order chi connectivity index (χ0) is 17.5. The number of amides is 1. The molecule has 0 bridgehead atoms. The lowest BCUT2D eigenvalue weighted by Crippen LogP contribution is -2.29. The number of aromatic nitrogens is 3. The largest absolute Gasteiger partial charge is 0.367 e. The maximum Gasteiger partial charge on any atom is 0.251 e. The van der Waals surface area contributed by atoms with E-state index in [9.17, 15) is 4.79 Å². The second-order valence-electron chi connectivity index (χ2n) is 5.24. The Morgan fingerprint density at radius 2 is 1.92 bits per heavy atom. The number of hydrogen-bond acceptors (Lipinski definition) is 5. The number of rotatable bonds is 6. The monoisotopic (exact) mass is 332 g/mol. The van der Waals surface area contributed by atoms with Gasteiger partial charge >= 0.3 is 0 Å². The molecule has 0 saturated heterocycles. The van der Waals surface area contributed by atoms with E-state index in [1.807, 2.05) is 47.3 Å². The Balaban J connectivity index is 1.46. The second kappa shape index (κ2) is 7.75. The molecule has 3 aromatic rings. The zero-order valence-corrected chi connectivity index (χ0v) is 13.4. The Labute approximate surface area is 144 Å². The summed E-state index contributed by atoms with van der Waals surface area (Å²) < 4.78 is 1.87. The van der Waals surface area contributed by atoms with Crippen molar-refractivity contribution in [1.82, 2.24) is 20.1 Å². The minimum Gasteiger partial charge on any atom is -0.367 e. The summed E-state index contributed by atoms with van der Waals surface area (Å²) in [6.07, 6.45) is 3.79. The molecule has 3 rings (SSSR count). The van der Waals surface area contributed by atoms with Gasteiger partial charge in [-0.3, -0.25) is 4.79 Å². The van der Waals surface area contributed by atoms with Gasteiger partial charge in [0.05, 0.1) is 11.6 Å². The zero-order valence-electron chi connectivity index (χ0n) is 13.4. The lowest BCUT2D eigenvalue weighted by molar-refractivity contribution is 0.0955. The van der Waals surface area contributed by atoms with E-state index in [4.69, 9.17) is 5.26 Å². The number of carbonyl (C=O) groups is 1. The number of benzene rings is 1. The van der Waals surface area contributed by atoms with E-state index in [2.05, 4.69) is 20.8 Å². The molecule has 0 atom stereocenters. The minimum absolute atomic E-state index is 0.215. The van der Waals surface area contributed by atoms with Crippen LogP contribution in [0.5, 0.6) is 0 Å². The van der Waals surface area contributed by atoms with Crippen LogP contribution in [0.4, 0.5) is 5.82 Å². The summed E-state index contributed by atoms with van der Waals surface area (Å²) in [4.78, 5) is 12.0. The fraction of sp³-hybridized carbons (Fsp3) is 0.111. The van der Waals surface area contributed by atoms with Crippen molar-refractivity contribution in [1.29, 1.82) is 5.26 Å². The van der Waals surface area contributed by atoms with Crippen LogP contribution in [0, 0.1) is 11.3 Å². The SMILES string of the molecule is N#Cc1cccc(C(=O)NCCNc2ccc(-n3cccc3)nn2)c1. The van der Waals surface area contributed by atoms with E-state index in [0.29, 0.717) is 30.0 Å². The molecule has 0 fully saturated rings. The molecule has 124 valence electrons. The second-order valence-corrected chi connectivity index (χ2v) is 5.24. The first-order valence-corrected chi connectivity index (χ1v) is 7.75. The van der Waals surface area contributed by atoms with Crippen LogP contribution in [0.1, 0.15) is 15.9 Å². The highest BCUT2D eigenvalue weighted by Crippen LogP contribution is 2.07. The van der Waals surface area contributed by atoms with Crippen molar-refractivity contribution >= 4 is 11.7 Å². The predicted octanol–water partition coefficient (Wildman–Crippen LogP) is 1.98. The molecule has 2 aromatic heterocycles. The first-order chi connectivity index (χ1) is 12.3. The Hall–Kier alpha value is -3.66. The van der Waals surface area contributed by atoms with Gasteiger partial charge in [-0.1, -0.05) is 6.07 Å². The average molecular weight is 332 g/mol. The van der Waals surface area contributed by atoms with Gasteiger partial charge in [0.15, 0.2) is 5.82 Å². The van der Waals surface area contributed by atoms with Crippen LogP contribution in [0.2, 0.25) is 0 Å². The third-order valence-corrected chi connectivity index (χ3v) is 3.49. The molecule has 0 aliphatic rings. The van der Waals surface area contributed by atoms with E-state index in [0.717, 1.165) is 5.82 Å². The van der Waals surface area contributed by atoms with Crippen molar-refractivity contribution in [2.24, 2.45) is 0 Å². The molecule has 2 N–H and O–H groups in total. The lowest BCUT2D eigenvalue weighted by Gasteiger charge is -2.08. The number of hydrogen-bond donors (Lipinski definition) is 2. The fourth-order valence-electron chi connectivity index (χ4n) is 2.24. The maximum absolute atomic E-state index is 12.0. The summed E-state index contributed by atoms with van der Waals surface area (Å²) in [5.74, 6) is 1.16. The Kier molecular flexibility index (Phi) is 5.02. The first-order valence-electron chi connectivity index (χ1n) is 7.75. The lowest BCUT2D eigenvalue weighted by atomic mass is 10.1. The molecule has 2 heterocycles. The van der Waals surface area contributed by atoms with Gasteiger partial charge in [-0.15, -0.1) is 10.2 Å². The standard InChI is InChI=1S/C18H16N6O/c19-13-14-4-3-5-15(12-14)18(25)21-9-8-20-16-6-7-17(23-22-16)24-10-1-2-11-24/h1-7,10-12H,8-9H2,(H,20,22)(H,21,25). The molecule has 0 aliphatic heterocycles. The van der Waals surface area contributed by atoms with Crippen molar-refractivity contribution in [2.75, 3.05) is 18.4 Å². The van der Waals surface area contributed by atoms with Crippen LogP contribution >= 0.6 is 0 Å². The molecule has 0 spiro atoms. The van der Waals surface area contributed by atoms with E-state index < -0.39 is 0 Å². The van der Waals surface area contributed by atoms with E-state index in [1.54, 1.807) is 24.3 Å². The number of nitriles is 1. The quantitative estimate of drug-likeness (QED) is 0.673.